The van der Waals surface area contributed by atoms with Crippen LogP contribution in [0.25, 0.3) is 0 Å². The zero-order valence-corrected chi connectivity index (χ0v) is 14.2. The highest BCUT2D eigenvalue weighted by atomic mass is 19.1. The molecule has 1 aromatic carbocycles. The number of aromatic amines is 1. The molecule has 1 N–H and O–H groups in total. The molecule has 6 heteroatoms. The molecule has 1 amide bonds. The monoisotopic (exact) mass is 331 g/mol. The average molecular weight is 331 g/mol. The predicted octanol–water partition coefficient (Wildman–Crippen LogP) is 3.08. The molecule has 1 saturated heterocycles. The molecule has 0 aliphatic carbocycles. The van der Waals surface area contributed by atoms with Gasteiger partial charge in [0.25, 0.3) is 0 Å². The van der Waals surface area contributed by atoms with Crippen molar-refractivity contribution in [3.63, 3.8) is 0 Å². The predicted molar refractivity (Wildman–Crippen MR) is 88.4 cm³/mol. The zero-order chi connectivity index (χ0) is 17.3. The van der Waals surface area contributed by atoms with E-state index in [1.165, 1.54) is 13.2 Å². The summed E-state index contributed by atoms with van der Waals surface area (Å²) in [5.41, 5.74) is 3.71. The van der Waals surface area contributed by atoms with Crippen molar-refractivity contribution < 1.29 is 13.9 Å². The van der Waals surface area contributed by atoms with Gasteiger partial charge in [-0.25, -0.2) is 4.39 Å². The maximum absolute atomic E-state index is 13.8. The molecule has 1 aliphatic rings. The molecule has 1 aliphatic heterocycles. The lowest BCUT2D eigenvalue weighted by molar-refractivity contribution is -0.131. The van der Waals surface area contributed by atoms with E-state index in [4.69, 9.17) is 4.74 Å². The minimum Gasteiger partial charge on any atom is -0.494 e. The van der Waals surface area contributed by atoms with Gasteiger partial charge in [0.15, 0.2) is 11.6 Å². The SMILES string of the molecule is COc1ccc(CC(=O)N2CCCC2c2c(C)n[nH]c2C)cc1F. The summed E-state index contributed by atoms with van der Waals surface area (Å²) < 4.78 is 18.7. The van der Waals surface area contributed by atoms with Gasteiger partial charge in [-0.2, -0.15) is 5.10 Å². The van der Waals surface area contributed by atoms with E-state index in [1.54, 1.807) is 12.1 Å². The van der Waals surface area contributed by atoms with Crippen LogP contribution >= 0.6 is 0 Å². The van der Waals surface area contributed by atoms with Crippen LogP contribution in [0.4, 0.5) is 4.39 Å². The number of H-pyrrole nitrogens is 1. The van der Waals surface area contributed by atoms with E-state index in [2.05, 4.69) is 10.2 Å². The van der Waals surface area contributed by atoms with Gasteiger partial charge in [-0.05, 0) is 44.4 Å². The summed E-state index contributed by atoms with van der Waals surface area (Å²) in [7, 11) is 1.42. The smallest absolute Gasteiger partial charge is 0.227 e. The third-order valence-corrected chi connectivity index (χ3v) is 4.66. The summed E-state index contributed by atoms with van der Waals surface area (Å²) in [6.45, 7) is 4.67. The molecule has 0 spiro atoms. The molecule has 1 aromatic heterocycles. The fourth-order valence-electron chi connectivity index (χ4n) is 3.51. The fourth-order valence-corrected chi connectivity index (χ4v) is 3.51. The Morgan fingerprint density at radius 2 is 2.25 bits per heavy atom. The number of amides is 1. The van der Waals surface area contributed by atoms with Gasteiger partial charge in [-0.15, -0.1) is 0 Å². The number of likely N-dealkylation sites (tertiary alicyclic amines) is 1. The molecule has 2 heterocycles. The lowest BCUT2D eigenvalue weighted by Crippen LogP contribution is -2.32. The molecular formula is C18H22FN3O2. The summed E-state index contributed by atoms with van der Waals surface area (Å²) in [6, 6.07) is 4.72. The molecule has 2 aromatic rings. The quantitative estimate of drug-likeness (QED) is 0.937. The Balaban J connectivity index is 1.78. The van der Waals surface area contributed by atoms with E-state index in [9.17, 15) is 9.18 Å². The van der Waals surface area contributed by atoms with Crippen LogP contribution in [0.1, 0.15) is 41.4 Å². The van der Waals surface area contributed by atoms with Crippen molar-refractivity contribution in [2.45, 2.75) is 39.2 Å². The average Bonchev–Trinajstić information content (AvgIpc) is 3.14. The molecule has 1 unspecified atom stereocenters. The summed E-state index contributed by atoms with van der Waals surface area (Å²) in [5.74, 6) is -0.237. The topological polar surface area (TPSA) is 58.2 Å². The third kappa shape index (κ3) is 3.00. The fraction of sp³-hybridized carbons (Fsp3) is 0.444. The molecule has 1 fully saturated rings. The van der Waals surface area contributed by atoms with Crippen molar-refractivity contribution in [3.05, 3.63) is 46.5 Å². The van der Waals surface area contributed by atoms with Crippen molar-refractivity contribution in [1.82, 2.24) is 15.1 Å². The van der Waals surface area contributed by atoms with Gasteiger partial charge in [0, 0.05) is 17.8 Å². The van der Waals surface area contributed by atoms with Crippen molar-refractivity contribution >= 4 is 5.91 Å². The molecule has 24 heavy (non-hydrogen) atoms. The number of hydrogen-bond acceptors (Lipinski definition) is 3. The molecule has 0 saturated carbocycles. The van der Waals surface area contributed by atoms with Gasteiger partial charge in [-0.1, -0.05) is 6.07 Å². The van der Waals surface area contributed by atoms with Crippen LogP contribution in [-0.4, -0.2) is 34.7 Å². The first-order chi connectivity index (χ1) is 11.5. The minimum absolute atomic E-state index is 0.0158. The lowest BCUT2D eigenvalue weighted by atomic mass is 10.0. The first-order valence-corrected chi connectivity index (χ1v) is 8.14. The summed E-state index contributed by atoms with van der Waals surface area (Å²) in [5, 5.41) is 7.23. The van der Waals surface area contributed by atoms with E-state index < -0.39 is 5.82 Å². The molecule has 128 valence electrons. The normalized spacial score (nSPS) is 17.3. The second kappa shape index (κ2) is 6.63. The van der Waals surface area contributed by atoms with Crippen LogP contribution in [0.15, 0.2) is 18.2 Å². The number of carbonyl (C=O) groups excluding carboxylic acids is 1. The van der Waals surface area contributed by atoms with Crippen LogP contribution in [0.5, 0.6) is 5.75 Å². The number of halogens is 1. The largest absolute Gasteiger partial charge is 0.494 e. The summed E-state index contributed by atoms with van der Waals surface area (Å²) in [4.78, 5) is 14.6. The van der Waals surface area contributed by atoms with E-state index in [1.807, 2.05) is 18.7 Å². The highest BCUT2D eigenvalue weighted by Gasteiger charge is 2.32. The van der Waals surface area contributed by atoms with Crippen LogP contribution in [-0.2, 0) is 11.2 Å². The Hall–Kier alpha value is -2.37. The van der Waals surface area contributed by atoms with E-state index in [-0.39, 0.29) is 24.1 Å². The Bertz CT molecular complexity index is 737. The first-order valence-electron chi connectivity index (χ1n) is 8.14. The van der Waals surface area contributed by atoms with E-state index in [0.29, 0.717) is 5.56 Å². The maximum Gasteiger partial charge on any atom is 0.227 e. The number of benzene rings is 1. The molecule has 0 radical (unpaired) electrons. The number of hydrogen-bond donors (Lipinski definition) is 1. The molecule has 1 atom stereocenters. The number of aromatic nitrogens is 2. The van der Waals surface area contributed by atoms with Gasteiger partial charge < -0.3 is 9.64 Å². The summed E-state index contributed by atoms with van der Waals surface area (Å²) in [6.07, 6.45) is 2.09. The Kier molecular flexibility index (Phi) is 4.55. The second-order valence-corrected chi connectivity index (χ2v) is 6.24. The van der Waals surface area contributed by atoms with Crippen molar-refractivity contribution in [2.75, 3.05) is 13.7 Å². The molecule has 0 bridgehead atoms. The number of rotatable bonds is 4. The highest BCUT2D eigenvalue weighted by molar-refractivity contribution is 5.79. The summed E-state index contributed by atoms with van der Waals surface area (Å²) >= 11 is 0. The van der Waals surface area contributed by atoms with Gasteiger partial charge in [0.1, 0.15) is 0 Å². The van der Waals surface area contributed by atoms with Crippen LogP contribution in [0.3, 0.4) is 0 Å². The minimum atomic E-state index is -0.442. The Morgan fingerprint density at radius 1 is 1.46 bits per heavy atom. The molecule has 3 rings (SSSR count). The van der Waals surface area contributed by atoms with Crippen molar-refractivity contribution in [1.29, 1.82) is 0 Å². The number of carbonyl (C=O) groups is 1. The highest BCUT2D eigenvalue weighted by Crippen LogP contribution is 2.35. The lowest BCUT2D eigenvalue weighted by Gasteiger charge is -2.25. The molecular weight excluding hydrogens is 309 g/mol. The number of ether oxygens (including phenoxy) is 1. The van der Waals surface area contributed by atoms with Gasteiger partial charge in [-0.3, -0.25) is 9.89 Å². The van der Waals surface area contributed by atoms with E-state index in [0.717, 1.165) is 36.3 Å². The Labute approximate surface area is 140 Å². The van der Waals surface area contributed by atoms with Crippen LogP contribution in [0, 0.1) is 19.7 Å². The Morgan fingerprint density at radius 3 is 2.88 bits per heavy atom. The second-order valence-electron chi connectivity index (χ2n) is 6.24. The zero-order valence-electron chi connectivity index (χ0n) is 14.2. The standard InChI is InChI=1S/C18H22FN3O2/c1-11-18(12(2)21-20-11)15-5-4-8-22(15)17(23)10-13-6-7-16(24-3)14(19)9-13/h6-7,9,15H,4-5,8,10H2,1-3H3,(H,20,21). The van der Waals surface area contributed by atoms with E-state index >= 15 is 0 Å². The third-order valence-electron chi connectivity index (χ3n) is 4.66. The number of nitrogens with one attached hydrogen (secondary N) is 1. The van der Waals surface area contributed by atoms with Crippen molar-refractivity contribution in [3.8, 4) is 5.75 Å². The number of nitrogens with zero attached hydrogens (tertiary/aromatic N) is 2. The number of aryl methyl sites for hydroxylation is 2. The van der Waals surface area contributed by atoms with Crippen LogP contribution < -0.4 is 4.74 Å². The van der Waals surface area contributed by atoms with Crippen molar-refractivity contribution in [2.24, 2.45) is 0 Å². The number of methoxy groups -OCH3 is 1. The van der Waals surface area contributed by atoms with Gasteiger partial charge in [0.05, 0.1) is 25.3 Å². The maximum atomic E-state index is 13.8. The molecule has 5 nitrogen and oxygen atoms in total. The van der Waals surface area contributed by atoms with Crippen LogP contribution in [0.2, 0.25) is 0 Å². The van der Waals surface area contributed by atoms with Gasteiger partial charge >= 0.3 is 0 Å². The van der Waals surface area contributed by atoms with Gasteiger partial charge in [0.2, 0.25) is 5.91 Å². The first kappa shape index (κ1) is 16.5.